The fraction of sp³-hybridized carbons (Fsp3) is 0.800. The highest BCUT2D eigenvalue weighted by Gasteiger charge is 2.27. The Kier molecular flexibility index (Phi) is 3.82. The van der Waals surface area contributed by atoms with Crippen LogP contribution in [0, 0.1) is 5.41 Å². The van der Waals surface area contributed by atoms with Gasteiger partial charge in [0.1, 0.15) is 0 Å². The molecule has 0 spiro atoms. The van der Waals surface area contributed by atoms with Crippen molar-refractivity contribution in [2.75, 3.05) is 13.7 Å². The molecule has 0 amide bonds. The summed E-state index contributed by atoms with van der Waals surface area (Å²) in [6, 6.07) is -0.235. The van der Waals surface area contributed by atoms with Gasteiger partial charge >= 0.3 is 0 Å². The molecule has 1 aromatic rings. The molecule has 2 N–H and O–H groups in total. The monoisotopic (exact) mass is 213 g/mol. The van der Waals surface area contributed by atoms with Crippen molar-refractivity contribution in [1.29, 1.82) is 0 Å². The standard InChI is InChI=1S/C10H19N3O2/c1-10(2,3)8(11)9-12-7(13-15-9)5-6-14-4/h8H,5-6,11H2,1-4H3/t8-/m1/s1. The molecule has 0 aromatic carbocycles. The molecule has 0 bridgehead atoms. The normalized spacial score (nSPS) is 14.2. The van der Waals surface area contributed by atoms with Gasteiger partial charge in [-0.05, 0) is 5.41 Å². The smallest absolute Gasteiger partial charge is 0.244 e. The van der Waals surface area contributed by atoms with Gasteiger partial charge in [-0.3, -0.25) is 0 Å². The molecular weight excluding hydrogens is 194 g/mol. The lowest BCUT2D eigenvalue weighted by Crippen LogP contribution is -2.26. The maximum absolute atomic E-state index is 5.99. The zero-order chi connectivity index (χ0) is 11.5. The van der Waals surface area contributed by atoms with Gasteiger partial charge in [0.25, 0.3) is 0 Å². The van der Waals surface area contributed by atoms with Gasteiger partial charge in [0.15, 0.2) is 5.82 Å². The van der Waals surface area contributed by atoms with E-state index >= 15 is 0 Å². The number of aromatic nitrogens is 2. The van der Waals surface area contributed by atoms with Crippen molar-refractivity contribution in [2.24, 2.45) is 11.1 Å². The molecule has 1 atom stereocenters. The zero-order valence-corrected chi connectivity index (χ0v) is 9.78. The lowest BCUT2D eigenvalue weighted by Gasteiger charge is -2.23. The highest BCUT2D eigenvalue weighted by Crippen LogP contribution is 2.29. The molecule has 0 saturated carbocycles. The Labute approximate surface area is 90.0 Å². The summed E-state index contributed by atoms with van der Waals surface area (Å²) in [4.78, 5) is 4.23. The third kappa shape index (κ3) is 3.28. The molecule has 86 valence electrons. The minimum Gasteiger partial charge on any atom is -0.384 e. The van der Waals surface area contributed by atoms with Gasteiger partial charge in [0, 0.05) is 13.5 Å². The lowest BCUT2D eigenvalue weighted by molar-refractivity contribution is 0.199. The molecule has 0 unspecified atom stereocenters. The predicted octanol–water partition coefficient (Wildman–Crippen LogP) is 1.30. The van der Waals surface area contributed by atoms with Crippen molar-refractivity contribution < 1.29 is 9.26 Å². The molecule has 1 heterocycles. The molecule has 0 fully saturated rings. The van der Waals surface area contributed by atoms with E-state index < -0.39 is 0 Å². The number of methoxy groups -OCH3 is 1. The highest BCUT2D eigenvalue weighted by atomic mass is 16.5. The summed E-state index contributed by atoms with van der Waals surface area (Å²) in [5.74, 6) is 1.14. The SMILES string of the molecule is COCCc1noc([C@@H](N)C(C)(C)C)n1. The molecule has 5 nitrogen and oxygen atoms in total. The Bertz CT molecular complexity index is 304. The minimum atomic E-state index is -0.235. The maximum atomic E-state index is 5.99. The molecule has 0 aliphatic carbocycles. The van der Waals surface area contributed by atoms with Crippen LogP contribution in [0.15, 0.2) is 4.52 Å². The Hall–Kier alpha value is -0.940. The Morgan fingerprint density at radius 2 is 2.13 bits per heavy atom. The summed E-state index contributed by atoms with van der Waals surface area (Å²) in [7, 11) is 1.64. The van der Waals surface area contributed by atoms with Crippen LogP contribution in [0.1, 0.15) is 38.5 Å². The first-order chi connectivity index (χ1) is 6.95. The van der Waals surface area contributed by atoms with E-state index in [1.807, 2.05) is 20.8 Å². The van der Waals surface area contributed by atoms with Crippen LogP contribution in [0.4, 0.5) is 0 Å². The van der Waals surface area contributed by atoms with E-state index in [-0.39, 0.29) is 11.5 Å². The molecule has 0 aliphatic heterocycles. The van der Waals surface area contributed by atoms with Gasteiger partial charge in [-0.15, -0.1) is 0 Å². The first-order valence-corrected chi connectivity index (χ1v) is 5.02. The van der Waals surface area contributed by atoms with Gasteiger partial charge in [0.2, 0.25) is 5.89 Å². The van der Waals surface area contributed by atoms with Crippen molar-refractivity contribution in [3.05, 3.63) is 11.7 Å². The lowest BCUT2D eigenvalue weighted by atomic mass is 9.87. The fourth-order valence-electron chi connectivity index (χ4n) is 1.06. The van der Waals surface area contributed by atoms with Gasteiger partial charge < -0.3 is 15.0 Å². The van der Waals surface area contributed by atoms with E-state index in [9.17, 15) is 0 Å². The Balaban J connectivity index is 2.67. The molecule has 0 aliphatic rings. The number of hydrogen-bond acceptors (Lipinski definition) is 5. The second kappa shape index (κ2) is 4.72. The fourth-order valence-corrected chi connectivity index (χ4v) is 1.06. The summed E-state index contributed by atoms with van der Waals surface area (Å²) in [5, 5.41) is 3.84. The summed E-state index contributed by atoms with van der Waals surface area (Å²) >= 11 is 0. The van der Waals surface area contributed by atoms with Crippen molar-refractivity contribution >= 4 is 0 Å². The van der Waals surface area contributed by atoms with Gasteiger partial charge in [-0.1, -0.05) is 25.9 Å². The van der Waals surface area contributed by atoms with E-state index in [1.165, 1.54) is 0 Å². The number of nitrogens with two attached hydrogens (primary N) is 1. The van der Waals surface area contributed by atoms with E-state index in [0.29, 0.717) is 24.7 Å². The molecule has 0 saturated heterocycles. The van der Waals surface area contributed by atoms with Gasteiger partial charge in [-0.25, -0.2) is 0 Å². The topological polar surface area (TPSA) is 74.2 Å². The first-order valence-electron chi connectivity index (χ1n) is 5.02. The van der Waals surface area contributed by atoms with Crippen molar-refractivity contribution in [2.45, 2.75) is 33.2 Å². The number of rotatable bonds is 4. The number of ether oxygens (including phenoxy) is 1. The van der Waals surface area contributed by atoms with Crippen LogP contribution >= 0.6 is 0 Å². The number of nitrogens with zero attached hydrogens (tertiary/aromatic N) is 2. The molecule has 15 heavy (non-hydrogen) atoms. The van der Waals surface area contributed by atoms with E-state index in [4.69, 9.17) is 15.0 Å². The van der Waals surface area contributed by atoms with Crippen LogP contribution in [0.5, 0.6) is 0 Å². The largest absolute Gasteiger partial charge is 0.384 e. The molecule has 1 aromatic heterocycles. The molecule has 1 rings (SSSR count). The zero-order valence-electron chi connectivity index (χ0n) is 9.78. The second-order valence-corrected chi connectivity index (χ2v) is 4.64. The second-order valence-electron chi connectivity index (χ2n) is 4.64. The van der Waals surface area contributed by atoms with Crippen LogP contribution in [0.2, 0.25) is 0 Å². The quantitative estimate of drug-likeness (QED) is 0.816. The molecular formula is C10H19N3O2. The first kappa shape index (κ1) is 12.1. The number of hydrogen-bond donors (Lipinski definition) is 1. The van der Waals surface area contributed by atoms with E-state index in [0.717, 1.165) is 0 Å². The third-order valence-electron chi connectivity index (χ3n) is 2.21. The van der Waals surface area contributed by atoms with E-state index in [1.54, 1.807) is 7.11 Å². The van der Waals surface area contributed by atoms with Crippen LogP contribution in [-0.2, 0) is 11.2 Å². The van der Waals surface area contributed by atoms with Crippen LogP contribution in [0.3, 0.4) is 0 Å². The minimum absolute atomic E-state index is 0.0783. The van der Waals surface area contributed by atoms with Crippen LogP contribution in [0.25, 0.3) is 0 Å². The maximum Gasteiger partial charge on any atom is 0.244 e. The molecule has 5 heteroatoms. The summed E-state index contributed by atoms with van der Waals surface area (Å²) in [5.41, 5.74) is 5.91. The highest BCUT2D eigenvalue weighted by molar-refractivity contribution is 4.96. The van der Waals surface area contributed by atoms with Gasteiger partial charge in [0.05, 0.1) is 12.6 Å². The Morgan fingerprint density at radius 3 is 2.67 bits per heavy atom. The van der Waals surface area contributed by atoms with E-state index in [2.05, 4.69) is 10.1 Å². The summed E-state index contributed by atoms with van der Waals surface area (Å²) in [6.45, 7) is 6.70. The van der Waals surface area contributed by atoms with Gasteiger partial charge in [-0.2, -0.15) is 4.98 Å². The predicted molar refractivity (Wildman–Crippen MR) is 56.3 cm³/mol. The van der Waals surface area contributed by atoms with Crippen molar-refractivity contribution in [3.63, 3.8) is 0 Å². The molecule has 0 radical (unpaired) electrons. The average Bonchev–Trinajstić information content (AvgIpc) is 2.60. The summed E-state index contributed by atoms with van der Waals surface area (Å²) < 4.78 is 10.0. The van der Waals surface area contributed by atoms with Crippen molar-refractivity contribution in [1.82, 2.24) is 10.1 Å². The van der Waals surface area contributed by atoms with Crippen LogP contribution < -0.4 is 5.73 Å². The van der Waals surface area contributed by atoms with Crippen molar-refractivity contribution in [3.8, 4) is 0 Å². The Morgan fingerprint density at radius 1 is 1.47 bits per heavy atom. The van der Waals surface area contributed by atoms with Crippen LogP contribution in [-0.4, -0.2) is 23.9 Å². The summed E-state index contributed by atoms with van der Waals surface area (Å²) in [6.07, 6.45) is 0.650. The third-order valence-corrected chi connectivity index (χ3v) is 2.21. The average molecular weight is 213 g/mol.